The molecular weight excluding hydrogens is 139 g/mol. The maximum atomic E-state index is 8.49. The number of ether oxygens (including phenoxy) is 1. The van der Waals surface area contributed by atoms with Gasteiger partial charge in [-0.1, -0.05) is 11.5 Å². The van der Waals surface area contributed by atoms with Gasteiger partial charge in [0, 0.05) is 0 Å². The van der Waals surface area contributed by atoms with E-state index < -0.39 is 0 Å². The SMILES string of the molecule is [B]c1ccc(OC)nc1C#N. The van der Waals surface area contributed by atoms with E-state index in [1.165, 1.54) is 7.11 Å². The first-order valence-corrected chi connectivity index (χ1v) is 2.98. The van der Waals surface area contributed by atoms with Crippen molar-refractivity contribution >= 4 is 13.3 Å². The molecule has 1 aromatic heterocycles. The van der Waals surface area contributed by atoms with Crippen LogP contribution in [0, 0.1) is 11.3 Å². The molecule has 52 valence electrons. The normalized spacial score (nSPS) is 8.73. The van der Waals surface area contributed by atoms with Gasteiger partial charge in [-0.2, -0.15) is 5.26 Å². The lowest BCUT2D eigenvalue weighted by molar-refractivity contribution is 0.397. The third kappa shape index (κ3) is 1.50. The standard InChI is InChI=1S/C7H5BN2O/c1-11-7-3-2-5(8)6(4-9)10-7/h2-3H,1H3. The van der Waals surface area contributed by atoms with Gasteiger partial charge in [0.15, 0.2) is 0 Å². The van der Waals surface area contributed by atoms with Crippen molar-refractivity contribution < 1.29 is 4.74 Å². The summed E-state index contributed by atoms with van der Waals surface area (Å²) in [5.74, 6) is 0.399. The maximum absolute atomic E-state index is 8.49. The molecular formula is C7H5BN2O. The number of pyridine rings is 1. The molecule has 0 amide bonds. The van der Waals surface area contributed by atoms with Crippen LogP contribution in [0.15, 0.2) is 12.1 Å². The Morgan fingerprint density at radius 1 is 1.64 bits per heavy atom. The second-order valence-electron chi connectivity index (χ2n) is 1.90. The van der Waals surface area contributed by atoms with E-state index in [0.29, 0.717) is 11.3 Å². The average molecular weight is 144 g/mol. The fourth-order valence-electron chi connectivity index (χ4n) is 0.655. The van der Waals surface area contributed by atoms with Gasteiger partial charge in [-0.3, -0.25) is 0 Å². The third-order valence-corrected chi connectivity index (χ3v) is 1.22. The zero-order valence-corrected chi connectivity index (χ0v) is 6.03. The molecule has 0 fully saturated rings. The Morgan fingerprint density at radius 2 is 2.36 bits per heavy atom. The molecule has 0 bridgehead atoms. The van der Waals surface area contributed by atoms with Crippen LogP contribution in [0.3, 0.4) is 0 Å². The van der Waals surface area contributed by atoms with E-state index >= 15 is 0 Å². The van der Waals surface area contributed by atoms with Gasteiger partial charge < -0.3 is 4.74 Å². The second kappa shape index (κ2) is 3.06. The number of methoxy groups -OCH3 is 1. The molecule has 0 unspecified atom stereocenters. The minimum absolute atomic E-state index is 0.198. The van der Waals surface area contributed by atoms with Crippen molar-refractivity contribution in [1.29, 1.82) is 5.26 Å². The Balaban J connectivity index is 3.15. The number of aromatic nitrogens is 1. The number of rotatable bonds is 1. The molecule has 1 aromatic rings. The molecule has 0 N–H and O–H groups in total. The van der Waals surface area contributed by atoms with Gasteiger partial charge in [0.1, 0.15) is 19.6 Å². The second-order valence-corrected chi connectivity index (χ2v) is 1.90. The monoisotopic (exact) mass is 144 g/mol. The topological polar surface area (TPSA) is 45.9 Å². The van der Waals surface area contributed by atoms with Crippen molar-refractivity contribution in [2.75, 3.05) is 7.11 Å². The molecule has 0 aliphatic heterocycles. The summed E-state index contributed by atoms with van der Waals surface area (Å²) in [4.78, 5) is 3.80. The summed E-state index contributed by atoms with van der Waals surface area (Å²) < 4.78 is 4.79. The van der Waals surface area contributed by atoms with Gasteiger partial charge in [-0.15, -0.1) is 0 Å². The lowest BCUT2D eigenvalue weighted by atomic mass is 9.95. The van der Waals surface area contributed by atoms with Crippen molar-refractivity contribution in [1.82, 2.24) is 4.98 Å². The van der Waals surface area contributed by atoms with E-state index in [-0.39, 0.29) is 5.69 Å². The molecule has 0 saturated carbocycles. The summed E-state index contributed by atoms with van der Waals surface area (Å²) in [6.45, 7) is 0. The Hall–Kier alpha value is -1.50. The lowest BCUT2D eigenvalue weighted by Crippen LogP contribution is -2.10. The third-order valence-electron chi connectivity index (χ3n) is 1.22. The Kier molecular flexibility index (Phi) is 2.12. The molecule has 0 saturated heterocycles. The largest absolute Gasteiger partial charge is 0.481 e. The van der Waals surface area contributed by atoms with Gasteiger partial charge in [0.25, 0.3) is 0 Å². The van der Waals surface area contributed by atoms with E-state index in [1.54, 1.807) is 12.1 Å². The highest BCUT2D eigenvalue weighted by Crippen LogP contribution is 2.02. The summed E-state index contributed by atoms with van der Waals surface area (Å²) in [6.07, 6.45) is 0. The van der Waals surface area contributed by atoms with Crippen LogP contribution in [0.5, 0.6) is 5.88 Å². The zero-order valence-electron chi connectivity index (χ0n) is 6.03. The van der Waals surface area contributed by atoms with Gasteiger partial charge in [-0.05, 0) is 6.07 Å². The summed E-state index contributed by atoms with van der Waals surface area (Å²) >= 11 is 0. The summed E-state index contributed by atoms with van der Waals surface area (Å²) in [5.41, 5.74) is 0.567. The molecule has 11 heavy (non-hydrogen) atoms. The van der Waals surface area contributed by atoms with Gasteiger partial charge in [-0.25, -0.2) is 4.98 Å². The first-order chi connectivity index (χ1) is 5.27. The highest BCUT2D eigenvalue weighted by atomic mass is 16.5. The van der Waals surface area contributed by atoms with Crippen LogP contribution < -0.4 is 10.2 Å². The van der Waals surface area contributed by atoms with Gasteiger partial charge >= 0.3 is 0 Å². The number of nitrogens with zero attached hydrogens (tertiary/aromatic N) is 2. The zero-order chi connectivity index (χ0) is 8.27. The summed E-state index contributed by atoms with van der Waals surface area (Å²) in [5, 5.41) is 8.49. The van der Waals surface area contributed by atoms with Crippen LogP contribution >= 0.6 is 0 Å². The van der Waals surface area contributed by atoms with Crippen LogP contribution in [-0.2, 0) is 0 Å². The van der Waals surface area contributed by atoms with Crippen LogP contribution in [-0.4, -0.2) is 19.9 Å². The molecule has 1 rings (SSSR count). The molecule has 3 nitrogen and oxygen atoms in total. The smallest absolute Gasteiger partial charge is 0.214 e. The predicted molar refractivity (Wildman–Crippen MR) is 40.9 cm³/mol. The van der Waals surface area contributed by atoms with E-state index in [2.05, 4.69) is 4.98 Å². The van der Waals surface area contributed by atoms with Crippen LogP contribution in [0.4, 0.5) is 0 Å². The van der Waals surface area contributed by atoms with Crippen LogP contribution in [0.2, 0.25) is 0 Å². The Bertz CT molecular complexity index is 306. The minimum Gasteiger partial charge on any atom is -0.481 e. The van der Waals surface area contributed by atoms with Crippen molar-refractivity contribution in [2.45, 2.75) is 0 Å². The molecule has 0 aliphatic carbocycles. The van der Waals surface area contributed by atoms with Crippen molar-refractivity contribution in [3.63, 3.8) is 0 Å². The van der Waals surface area contributed by atoms with Crippen LogP contribution in [0.1, 0.15) is 5.69 Å². The Morgan fingerprint density at radius 3 is 2.91 bits per heavy atom. The Labute approximate surface area is 66.0 Å². The quantitative estimate of drug-likeness (QED) is 0.510. The summed E-state index contributed by atoms with van der Waals surface area (Å²) in [7, 11) is 6.90. The molecule has 2 radical (unpaired) electrons. The summed E-state index contributed by atoms with van der Waals surface area (Å²) in [6, 6.07) is 5.05. The molecule has 4 heteroatoms. The van der Waals surface area contributed by atoms with E-state index in [9.17, 15) is 0 Å². The highest BCUT2D eigenvalue weighted by molar-refractivity contribution is 6.33. The average Bonchev–Trinajstić information content (AvgIpc) is 2.05. The lowest BCUT2D eigenvalue weighted by Gasteiger charge is -1.99. The first kappa shape index (κ1) is 7.61. The van der Waals surface area contributed by atoms with E-state index in [4.69, 9.17) is 17.8 Å². The fraction of sp³-hybridized carbons (Fsp3) is 0.143. The van der Waals surface area contributed by atoms with Gasteiger partial charge in [0.05, 0.1) is 7.11 Å². The molecule has 0 spiro atoms. The number of hydrogen-bond donors (Lipinski definition) is 0. The van der Waals surface area contributed by atoms with Crippen molar-refractivity contribution in [3.8, 4) is 11.9 Å². The first-order valence-electron chi connectivity index (χ1n) is 2.98. The molecule has 0 aliphatic rings. The van der Waals surface area contributed by atoms with Crippen molar-refractivity contribution in [3.05, 3.63) is 17.8 Å². The molecule has 0 atom stereocenters. The number of hydrogen-bond acceptors (Lipinski definition) is 3. The molecule has 0 aromatic carbocycles. The van der Waals surface area contributed by atoms with E-state index in [0.717, 1.165) is 0 Å². The van der Waals surface area contributed by atoms with Crippen LogP contribution in [0.25, 0.3) is 0 Å². The molecule has 1 heterocycles. The van der Waals surface area contributed by atoms with Gasteiger partial charge in [0.2, 0.25) is 5.88 Å². The predicted octanol–water partition coefficient (Wildman–Crippen LogP) is -0.244. The van der Waals surface area contributed by atoms with E-state index in [1.807, 2.05) is 6.07 Å². The highest BCUT2D eigenvalue weighted by Gasteiger charge is 1.98. The minimum atomic E-state index is 0.198. The van der Waals surface area contributed by atoms with Crippen molar-refractivity contribution in [2.24, 2.45) is 0 Å². The maximum Gasteiger partial charge on any atom is 0.214 e. The number of nitriles is 1. The fourth-order valence-corrected chi connectivity index (χ4v) is 0.655.